The molecule has 1 fully saturated rings. The van der Waals surface area contributed by atoms with Gasteiger partial charge in [0.05, 0.1) is 0 Å². The third kappa shape index (κ3) is 2.33. The van der Waals surface area contributed by atoms with Crippen molar-refractivity contribution in [2.75, 3.05) is 0 Å². The summed E-state index contributed by atoms with van der Waals surface area (Å²) in [5, 5.41) is 0. The molecule has 1 saturated carbocycles. The molecule has 0 aromatic rings. The summed E-state index contributed by atoms with van der Waals surface area (Å²) < 4.78 is 23.4. The van der Waals surface area contributed by atoms with Crippen LogP contribution in [0, 0.1) is 5.92 Å². The second kappa shape index (κ2) is 3.18. The van der Waals surface area contributed by atoms with Crippen molar-refractivity contribution in [2.24, 2.45) is 5.92 Å². The molecule has 0 saturated heterocycles. The van der Waals surface area contributed by atoms with Gasteiger partial charge in [0.2, 0.25) is 0 Å². The van der Waals surface area contributed by atoms with E-state index in [0.29, 0.717) is 5.92 Å². The lowest BCUT2D eigenvalue weighted by molar-refractivity contribution is 0.548. The lowest BCUT2D eigenvalue weighted by Gasteiger charge is -2.02. The zero-order chi connectivity index (χ0) is 6.69. The molecular formula is C6H11BF2. The highest BCUT2D eigenvalue weighted by atomic mass is 19.2. The summed E-state index contributed by atoms with van der Waals surface area (Å²) in [7, 11) is -2.08. The van der Waals surface area contributed by atoms with E-state index in [-0.39, 0.29) is 6.32 Å². The van der Waals surface area contributed by atoms with Gasteiger partial charge in [-0.3, -0.25) is 8.63 Å². The van der Waals surface area contributed by atoms with E-state index in [9.17, 15) is 8.63 Å². The Balaban J connectivity index is 2.11. The molecule has 0 N–H and O–H groups in total. The second-order valence-electron chi connectivity index (χ2n) is 2.78. The molecule has 0 amide bonds. The van der Waals surface area contributed by atoms with Gasteiger partial charge in [-0.15, -0.1) is 0 Å². The molecular weight excluding hydrogens is 121 g/mol. The summed E-state index contributed by atoms with van der Waals surface area (Å²) in [6.45, 7) is 0. The van der Waals surface area contributed by atoms with Gasteiger partial charge in [-0.05, 0) is 12.2 Å². The Morgan fingerprint density at radius 2 is 1.78 bits per heavy atom. The van der Waals surface area contributed by atoms with Gasteiger partial charge in [0.15, 0.2) is 0 Å². The van der Waals surface area contributed by atoms with Crippen molar-refractivity contribution in [3.8, 4) is 0 Å². The maximum Gasteiger partial charge on any atom is 0.538 e. The van der Waals surface area contributed by atoms with Crippen LogP contribution in [0.2, 0.25) is 6.32 Å². The van der Waals surface area contributed by atoms with Crippen molar-refractivity contribution in [3.05, 3.63) is 0 Å². The molecule has 0 heterocycles. The van der Waals surface area contributed by atoms with E-state index < -0.39 is 7.27 Å². The van der Waals surface area contributed by atoms with Crippen LogP contribution in [0.3, 0.4) is 0 Å². The first kappa shape index (κ1) is 7.04. The average molecular weight is 132 g/mol. The molecule has 52 valence electrons. The van der Waals surface area contributed by atoms with Gasteiger partial charge in [-0.2, -0.15) is 0 Å². The van der Waals surface area contributed by atoms with Crippen molar-refractivity contribution in [2.45, 2.75) is 32.0 Å². The fraction of sp³-hybridized carbons (Fsp3) is 1.00. The molecule has 0 spiro atoms. The summed E-state index contributed by atoms with van der Waals surface area (Å²) >= 11 is 0. The molecule has 0 radical (unpaired) electrons. The minimum Gasteiger partial charge on any atom is -0.287 e. The van der Waals surface area contributed by atoms with Gasteiger partial charge in [-0.1, -0.05) is 25.7 Å². The highest BCUT2D eigenvalue weighted by Crippen LogP contribution is 2.29. The number of rotatable bonds is 2. The Kier molecular flexibility index (Phi) is 2.49. The standard InChI is InChI=1S/C6H11BF2/c8-7(9)5-6-3-1-2-4-6/h6H,1-5H2. The number of hydrogen-bond donors (Lipinski definition) is 0. The Bertz CT molecular complexity index is 79.1. The highest BCUT2D eigenvalue weighted by molar-refractivity contribution is 6.42. The fourth-order valence-electron chi connectivity index (χ4n) is 1.50. The van der Waals surface area contributed by atoms with Gasteiger partial charge in [0.1, 0.15) is 0 Å². The van der Waals surface area contributed by atoms with Crippen LogP contribution in [0.5, 0.6) is 0 Å². The van der Waals surface area contributed by atoms with E-state index >= 15 is 0 Å². The first-order valence-corrected chi connectivity index (χ1v) is 3.57. The first-order chi connectivity index (χ1) is 4.29. The Morgan fingerprint density at radius 1 is 1.22 bits per heavy atom. The monoisotopic (exact) mass is 132 g/mol. The van der Waals surface area contributed by atoms with Crippen LogP contribution < -0.4 is 0 Å². The molecule has 0 aromatic carbocycles. The molecule has 0 nitrogen and oxygen atoms in total. The number of halogens is 2. The lowest BCUT2D eigenvalue weighted by atomic mass is 9.82. The molecule has 0 atom stereocenters. The topological polar surface area (TPSA) is 0 Å². The van der Waals surface area contributed by atoms with Crippen LogP contribution in [-0.4, -0.2) is 7.27 Å². The highest BCUT2D eigenvalue weighted by Gasteiger charge is 2.22. The summed E-state index contributed by atoms with van der Waals surface area (Å²) in [4.78, 5) is 0. The van der Waals surface area contributed by atoms with Crippen molar-refractivity contribution in [1.82, 2.24) is 0 Å². The first-order valence-electron chi connectivity index (χ1n) is 3.57. The third-order valence-electron chi connectivity index (χ3n) is 1.99. The van der Waals surface area contributed by atoms with Crippen molar-refractivity contribution in [3.63, 3.8) is 0 Å². The molecule has 0 aromatic heterocycles. The van der Waals surface area contributed by atoms with E-state index in [1.165, 1.54) is 0 Å². The maximum atomic E-state index is 11.7. The minimum absolute atomic E-state index is 0.139. The molecule has 0 unspecified atom stereocenters. The zero-order valence-electron chi connectivity index (χ0n) is 5.45. The molecule has 0 bridgehead atoms. The fourth-order valence-corrected chi connectivity index (χ4v) is 1.50. The normalized spacial score (nSPS) is 20.7. The van der Waals surface area contributed by atoms with Crippen LogP contribution in [0.4, 0.5) is 8.63 Å². The Morgan fingerprint density at radius 3 is 2.22 bits per heavy atom. The minimum atomic E-state index is -2.08. The Hall–Kier alpha value is -0.0751. The maximum absolute atomic E-state index is 11.7. The van der Waals surface area contributed by atoms with Crippen LogP contribution in [0.15, 0.2) is 0 Å². The van der Waals surface area contributed by atoms with Crippen molar-refractivity contribution in [1.29, 1.82) is 0 Å². The predicted molar refractivity (Wildman–Crippen MR) is 34.7 cm³/mol. The quantitative estimate of drug-likeness (QED) is 0.506. The van der Waals surface area contributed by atoms with E-state index in [0.717, 1.165) is 25.7 Å². The van der Waals surface area contributed by atoms with Gasteiger partial charge >= 0.3 is 7.27 Å². The smallest absolute Gasteiger partial charge is 0.287 e. The second-order valence-corrected chi connectivity index (χ2v) is 2.78. The number of hydrogen-bond acceptors (Lipinski definition) is 0. The van der Waals surface area contributed by atoms with E-state index in [2.05, 4.69) is 0 Å². The van der Waals surface area contributed by atoms with Crippen molar-refractivity contribution < 1.29 is 8.63 Å². The zero-order valence-corrected chi connectivity index (χ0v) is 5.45. The summed E-state index contributed by atoms with van der Waals surface area (Å²) in [5.74, 6) is 0.338. The third-order valence-corrected chi connectivity index (χ3v) is 1.99. The molecule has 1 aliphatic carbocycles. The van der Waals surface area contributed by atoms with Crippen LogP contribution in [-0.2, 0) is 0 Å². The Labute approximate surface area is 54.8 Å². The van der Waals surface area contributed by atoms with Gasteiger partial charge in [-0.25, -0.2) is 0 Å². The van der Waals surface area contributed by atoms with E-state index in [1.807, 2.05) is 0 Å². The van der Waals surface area contributed by atoms with Gasteiger partial charge < -0.3 is 0 Å². The SMILES string of the molecule is FB(F)CC1CCCC1. The summed E-state index contributed by atoms with van der Waals surface area (Å²) in [5.41, 5.74) is 0. The molecule has 0 aliphatic heterocycles. The van der Waals surface area contributed by atoms with Crippen molar-refractivity contribution >= 4 is 7.27 Å². The van der Waals surface area contributed by atoms with Gasteiger partial charge in [0.25, 0.3) is 0 Å². The van der Waals surface area contributed by atoms with Crippen LogP contribution in [0.25, 0.3) is 0 Å². The molecule has 1 aliphatic rings. The largest absolute Gasteiger partial charge is 0.538 e. The lowest BCUT2D eigenvalue weighted by Crippen LogP contribution is -2.03. The predicted octanol–water partition coefficient (Wildman–Crippen LogP) is 2.60. The van der Waals surface area contributed by atoms with Crippen LogP contribution in [0.1, 0.15) is 25.7 Å². The molecule has 1 rings (SSSR count). The van der Waals surface area contributed by atoms with Gasteiger partial charge in [0, 0.05) is 0 Å². The van der Waals surface area contributed by atoms with E-state index in [4.69, 9.17) is 0 Å². The average Bonchev–Trinajstić information content (AvgIpc) is 2.15. The van der Waals surface area contributed by atoms with Crippen LogP contribution >= 0.6 is 0 Å². The summed E-state index contributed by atoms with van der Waals surface area (Å²) in [6.07, 6.45) is 4.53. The molecule has 9 heavy (non-hydrogen) atoms. The molecule has 3 heteroatoms. The van der Waals surface area contributed by atoms with E-state index in [1.54, 1.807) is 0 Å². The summed E-state index contributed by atoms with van der Waals surface area (Å²) in [6, 6.07) is 0.